The number of ether oxygens (including phenoxy) is 4. The van der Waals surface area contributed by atoms with E-state index in [2.05, 4.69) is 0 Å². The number of likely N-dealkylation sites (tertiary alicyclic amines) is 1. The zero-order valence-corrected chi connectivity index (χ0v) is 28.0. The second kappa shape index (κ2) is 12.9. The first-order valence-corrected chi connectivity index (χ1v) is 17.3. The summed E-state index contributed by atoms with van der Waals surface area (Å²) in [6, 6.07) is 19.0. The molecule has 248 valence electrons. The van der Waals surface area contributed by atoms with Crippen molar-refractivity contribution >= 4 is 33.0 Å². The lowest BCUT2D eigenvalue weighted by molar-refractivity contribution is -0.149. The van der Waals surface area contributed by atoms with Crippen LogP contribution in [0.3, 0.4) is 0 Å². The topological polar surface area (TPSA) is 113 Å². The molecule has 10 nitrogen and oxygen atoms in total. The molecule has 2 atom stereocenters. The third kappa shape index (κ3) is 5.71. The van der Waals surface area contributed by atoms with Gasteiger partial charge in [-0.05, 0) is 69.4 Å². The van der Waals surface area contributed by atoms with Gasteiger partial charge >= 0.3 is 12.1 Å². The third-order valence-corrected chi connectivity index (χ3v) is 11.2. The minimum atomic E-state index is -4.16. The predicted octanol–water partition coefficient (Wildman–Crippen LogP) is 6.56. The third-order valence-electron chi connectivity index (χ3n) is 9.47. The quantitative estimate of drug-likeness (QED) is 0.186. The van der Waals surface area contributed by atoms with Gasteiger partial charge in [0.2, 0.25) is 0 Å². The van der Waals surface area contributed by atoms with Gasteiger partial charge in [0.1, 0.15) is 12.1 Å². The second-order valence-electron chi connectivity index (χ2n) is 12.2. The van der Waals surface area contributed by atoms with Gasteiger partial charge in [-0.2, -0.15) is 0 Å². The average molecular weight is 661 g/mol. The van der Waals surface area contributed by atoms with Crippen molar-refractivity contribution in [2.24, 2.45) is 5.41 Å². The predicted molar refractivity (Wildman–Crippen MR) is 176 cm³/mol. The van der Waals surface area contributed by atoms with Crippen molar-refractivity contribution in [3.8, 4) is 11.5 Å². The van der Waals surface area contributed by atoms with Gasteiger partial charge < -0.3 is 23.8 Å². The molecule has 1 aliphatic heterocycles. The van der Waals surface area contributed by atoms with E-state index < -0.39 is 27.6 Å². The van der Waals surface area contributed by atoms with Crippen LogP contribution in [-0.4, -0.2) is 56.7 Å². The van der Waals surface area contributed by atoms with Crippen LogP contribution in [0.15, 0.2) is 71.6 Å². The molecule has 3 aromatic carbocycles. The number of hydrogen-bond acceptors (Lipinski definition) is 8. The molecule has 1 saturated heterocycles. The van der Waals surface area contributed by atoms with E-state index in [9.17, 15) is 18.0 Å². The molecular weight excluding hydrogens is 620 g/mol. The van der Waals surface area contributed by atoms with Crippen molar-refractivity contribution in [3.63, 3.8) is 0 Å². The number of hydrogen-bond donors (Lipinski definition) is 0. The number of aryl methyl sites for hydroxylation is 1. The average Bonchev–Trinajstić information content (AvgIpc) is 3.42. The summed E-state index contributed by atoms with van der Waals surface area (Å²) in [4.78, 5) is 29.0. The summed E-state index contributed by atoms with van der Waals surface area (Å²) in [6.07, 6.45) is 1.68. The number of fused-ring (bicyclic) bond motifs is 5. The van der Waals surface area contributed by atoms with Crippen LogP contribution in [0.1, 0.15) is 61.0 Å². The Morgan fingerprint density at radius 2 is 1.68 bits per heavy atom. The first-order valence-electron chi connectivity index (χ1n) is 15.9. The summed E-state index contributed by atoms with van der Waals surface area (Å²) >= 11 is 0. The number of rotatable bonds is 9. The molecule has 1 aliphatic carbocycles. The second-order valence-corrected chi connectivity index (χ2v) is 14.0. The maximum absolute atomic E-state index is 14.6. The van der Waals surface area contributed by atoms with E-state index in [0.29, 0.717) is 60.1 Å². The van der Waals surface area contributed by atoms with Crippen LogP contribution < -0.4 is 9.47 Å². The van der Waals surface area contributed by atoms with Crippen LogP contribution in [0.5, 0.6) is 11.5 Å². The molecule has 11 heteroatoms. The Bertz CT molecular complexity index is 1900. The molecule has 2 heterocycles. The summed E-state index contributed by atoms with van der Waals surface area (Å²) in [5.74, 6) is 0.284. The number of carbonyl (C=O) groups is 2. The van der Waals surface area contributed by atoms with Crippen molar-refractivity contribution in [2.75, 3.05) is 27.4 Å². The maximum atomic E-state index is 14.6. The van der Waals surface area contributed by atoms with Crippen LogP contribution >= 0.6 is 0 Å². The minimum Gasteiger partial charge on any atom is -0.493 e. The van der Waals surface area contributed by atoms with Crippen molar-refractivity contribution in [1.82, 2.24) is 8.87 Å². The number of nitrogens with zero attached hydrogens (tertiary/aromatic N) is 2. The fourth-order valence-electron chi connectivity index (χ4n) is 7.41. The largest absolute Gasteiger partial charge is 0.493 e. The first-order chi connectivity index (χ1) is 22.6. The van der Waals surface area contributed by atoms with Crippen molar-refractivity contribution in [2.45, 2.75) is 63.5 Å². The van der Waals surface area contributed by atoms with Crippen molar-refractivity contribution < 1.29 is 37.0 Å². The Kier molecular flexibility index (Phi) is 8.93. The van der Waals surface area contributed by atoms with Crippen LogP contribution in [0.25, 0.3) is 10.9 Å². The van der Waals surface area contributed by atoms with E-state index in [-0.39, 0.29) is 36.2 Å². The Morgan fingerprint density at radius 1 is 0.936 bits per heavy atom. The van der Waals surface area contributed by atoms with Crippen LogP contribution in [0, 0.1) is 12.3 Å². The lowest BCUT2D eigenvalue weighted by atomic mass is 9.62. The Labute approximate surface area is 275 Å². The van der Waals surface area contributed by atoms with Crippen molar-refractivity contribution in [3.05, 3.63) is 89.1 Å². The molecule has 47 heavy (non-hydrogen) atoms. The number of aromatic nitrogens is 1. The van der Waals surface area contributed by atoms with E-state index in [1.807, 2.05) is 43.3 Å². The smallest absolute Gasteiger partial charge is 0.410 e. The highest BCUT2D eigenvalue weighted by Gasteiger charge is 2.54. The summed E-state index contributed by atoms with van der Waals surface area (Å²) in [7, 11) is -1.18. The molecule has 4 aromatic rings. The fraction of sp³-hybridized carbons (Fsp3) is 0.389. The van der Waals surface area contributed by atoms with E-state index in [4.69, 9.17) is 18.9 Å². The summed E-state index contributed by atoms with van der Waals surface area (Å²) in [5.41, 5.74) is 2.61. The highest BCUT2D eigenvalue weighted by atomic mass is 32.2. The number of piperidine rings is 1. The van der Waals surface area contributed by atoms with Crippen LogP contribution in [0.4, 0.5) is 4.79 Å². The molecule has 2 aliphatic rings. The molecule has 0 saturated carbocycles. The normalized spacial score (nSPS) is 19.1. The number of methoxy groups -OCH3 is 2. The fourth-order valence-corrected chi connectivity index (χ4v) is 9.00. The molecular formula is C36H40N2O8S. The Morgan fingerprint density at radius 3 is 2.36 bits per heavy atom. The van der Waals surface area contributed by atoms with E-state index in [1.165, 1.54) is 18.2 Å². The van der Waals surface area contributed by atoms with Gasteiger partial charge in [-0.25, -0.2) is 17.2 Å². The van der Waals surface area contributed by atoms with E-state index >= 15 is 0 Å². The number of benzene rings is 3. The van der Waals surface area contributed by atoms with Crippen LogP contribution in [0.2, 0.25) is 0 Å². The molecule has 0 N–H and O–H groups in total. The Hall–Kier alpha value is -4.51. The van der Waals surface area contributed by atoms with Gasteiger partial charge in [0.25, 0.3) is 10.0 Å². The molecule has 6 rings (SSSR count). The van der Waals surface area contributed by atoms with Gasteiger partial charge in [0.05, 0.1) is 38.2 Å². The molecule has 1 aromatic heterocycles. The van der Waals surface area contributed by atoms with E-state index in [1.54, 1.807) is 42.2 Å². The van der Waals surface area contributed by atoms with Gasteiger partial charge in [-0.15, -0.1) is 0 Å². The highest BCUT2D eigenvalue weighted by Crippen LogP contribution is 2.58. The standard InChI is InChI=1S/C36H40N2O8S/c1-5-45-30(39)22-36-19-9-21-37(35(40)46-23-25-10-7-6-8-11-25)34(36)31-27-16-17-29(43-3)33(44-4)32(27)38(28(31)18-20-36)47(41,42)26-14-12-24(2)13-15-26/h6-8,10-17,34H,5,9,18-23H2,1-4H3/t34-,36+/m0/s1. The minimum absolute atomic E-state index is 0.0786. The molecule has 1 fully saturated rings. The Balaban J connectivity index is 1.59. The molecule has 0 unspecified atom stereocenters. The summed E-state index contributed by atoms with van der Waals surface area (Å²) in [6.45, 7) is 4.36. The van der Waals surface area contributed by atoms with Gasteiger partial charge in [0.15, 0.2) is 11.5 Å². The summed E-state index contributed by atoms with van der Waals surface area (Å²) in [5, 5.41) is 0.606. The van der Waals surface area contributed by atoms with Gasteiger partial charge in [-0.1, -0.05) is 48.0 Å². The highest BCUT2D eigenvalue weighted by molar-refractivity contribution is 7.90. The number of esters is 1. The SMILES string of the molecule is CCOC(=O)C[C@]12CCCN(C(=O)OCc3ccccc3)[C@H]1c1c(n(S(=O)(=O)c3ccc(C)cc3)c3c(OC)c(OC)ccc13)CC2. The molecule has 0 radical (unpaired) electrons. The maximum Gasteiger partial charge on any atom is 0.410 e. The summed E-state index contributed by atoms with van der Waals surface area (Å²) < 4.78 is 53.4. The zero-order valence-electron chi connectivity index (χ0n) is 27.2. The molecule has 0 spiro atoms. The zero-order chi connectivity index (χ0) is 33.3. The number of amides is 1. The lowest BCUT2D eigenvalue weighted by Gasteiger charge is -2.52. The van der Waals surface area contributed by atoms with Crippen molar-refractivity contribution in [1.29, 1.82) is 0 Å². The first kappa shape index (κ1) is 32.4. The molecule has 1 amide bonds. The van der Waals surface area contributed by atoms with E-state index in [0.717, 1.165) is 11.1 Å². The van der Waals surface area contributed by atoms with Gasteiger partial charge in [0, 0.05) is 28.6 Å². The monoisotopic (exact) mass is 660 g/mol. The lowest BCUT2D eigenvalue weighted by Crippen LogP contribution is -2.52. The molecule has 0 bridgehead atoms. The van der Waals surface area contributed by atoms with Crippen LogP contribution in [-0.2, 0) is 37.3 Å². The van der Waals surface area contributed by atoms with Gasteiger partial charge in [-0.3, -0.25) is 4.79 Å². The number of carbonyl (C=O) groups excluding carboxylic acids is 2.